The fourth-order valence-electron chi connectivity index (χ4n) is 0.667. The molecule has 0 radical (unpaired) electrons. The molecule has 0 spiro atoms. The molecular weight excluding hydrogens is 163 g/mol. The molecule has 0 rings (SSSR count). The van der Waals surface area contributed by atoms with E-state index in [4.69, 9.17) is 9.05 Å². The van der Waals surface area contributed by atoms with Gasteiger partial charge < -0.3 is 9.05 Å². The van der Waals surface area contributed by atoms with Crippen LogP contribution in [-0.4, -0.2) is 12.2 Å². The third-order valence-electron chi connectivity index (χ3n) is 0.743. The van der Waals surface area contributed by atoms with E-state index in [9.17, 15) is 4.57 Å². The van der Waals surface area contributed by atoms with Crippen LogP contribution in [0.3, 0.4) is 0 Å². The molecule has 0 amide bonds. The highest BCUT2D eigenvalue weighted by Crippen LogP contribution is 2.48. The Bertz CT molecular complexity index is 140. The summed E-state index contributed by atoms with van der Waals surface area (Å²) in [6.45, 7) is 10.5. The van der Waals surface area contributed by atoms with Crippen LogP contribution in [0.2, 0.25) is 0 Å². The summed E-state index contributed by atoms with van der Waals surface area (Å²) in [5, 5.41) is 0. The Kier molecular flexibility index (Phi) is 4.30. The molecule has 11 heavy (non-hydrogen) atoms. The van der Waals surface area contributed by atoms with Gasteiger partial charge in [0.2, 0.25) is 0 Å². The molecule has 0 heterocycles. The summed E-state index contributed by atoms with van der Waals surface area (Å²) in [6, 6.07) is 0. The lowest BCUT2D eigenvalue weighted by molar-refractivity contribution is 0.149. The monoisotopic (exact) mass is 179 g/mol. The second kappa shape index (κ2) is 4.24. The summed E-state index contributed by atoms with van der Waals surface area (Å²) in [5.74, 6) is 0. The van der Waals surface area contributed by atoms with Crippen LogP contribution in [0.15, 0.2) is 0 Å². The van der Waals surface area contributed by atoms with Gasteiger partial charge in [-0.3, -0.25) is 4.57 Å². The lowest BCUT2D eigenvalue weighted by Crippen LogP contribution is -2.05. The summed E-state index contributed by atoms with van der Waals surface area (Å²) in [7, 11) is -3.05. The van der Waals surface area contributed by atoms with E-state index < -0.39 is 7.60 Å². The van der Waals surface area contributed by atoms with Crippen LogP contribution in [0.1, 0.15) is 27.7 Å². The topological polar surface area (TPSA) is 35.5 Å². The van der Waals surface area contributed by atoms with Crippen molar-refractivity contribution in [3.05, 3.63) is 6.66 Å². The average Bonchev–Trinajstić information content (AvgIpc) is 1.53. The van der Waals surface area contributed by atoms with E-state index in [1.807, 2.05) is 0 Å². The van der Waals surface area contributed by atoms with Crippen molar-refractivity contribution in [1.29, 1.82) is 0 Å². The van der Waals surface area contributed by atoms with Crippen molar-refractivity contribution >= 4 is 7.60 Å². The van der Waals surface area contributed by atoms with Crippen LogP contribution in [0.5, 0.6) is 0 Å². The smallest absolute Gasteiger partial charge is 0.185 e. The first-order valence-corrected chi connectivity index (χ1v) is 5.37. The van der Waals surface area contributed by atoms with Crippen LogP contribution in [-0.2, 0) is 13.6 Å². The first-order valence-electron chi connectivity index (χ1n) is 3.64. The Morgan fingerprint density at radius 3 is 1.55 bits per heavy atom. The van der Waals surface area contributed by atoms with Crippen molar-refractivity contribution in [2.24, 2.45) is 0 Å². The molecular formula is C7H16O3P-. The van der Waals surface area contributed by atoms with Crippen LogP contribution in [0.25, 0.3) is 0 Å². The highest BCUT2D eigenvalue weighted by molar-refractivity contribution is 7.55. The first-order chi connectivity index (χ1) is 4.83. The Labute approximate surface area is 68.6 Å². The minimum Gasteiger partial charge on any atom is -0.328 e. The third kappa shape index (κ3) is 6.54. The lowest BCUT2D eigenvalue weighted by Gasteiger charge is -2.24. The maximum absolute atomic E-state index is 11.3. The molecule has 0 N–H and O–H groups in total. The van der Waals surface area contributed by atoms with Gasteiger partial charge in [0.05, 0.1) is 12.2 Å². The standard InChI is InChI=1S/C7H16O3P/c1-6(2)9-11(5,8)10-7(3)4/h6-7H,5H2,1-4H3/q-1. The summed E-state index contributed by atoms with van der Waals surface area (Å²) in [6.07, 6.45) is -0.228. The van der Waals surface area contributed by atoms with Crippen LogP contribution in [0, 0.1) is 6.66 Å². The maximum Gasteiger partial charge on any atom is 0.185 e. The van der Waals surface area contributed by atoms with Gasteiger partial charge in [0, 0.05) is 0 Å². The molecule has 0 aliphatic carbocycles. The highest BCUT2D eigenvalue weighted by atomic mass is 31.2. The fourth-order valence-corrected chi connectivity index (χ4v) is 2.00. The molecule has 0 aromatic rings. The fraction of sp³-hybridized carbons (Fsp3) is 0.857. The lowest BCUT2D eigenvalue weighted by atomic mass is 10.5. The van der Waals surface area contributed by atoms with Gasteiger partial charge in [-0.05, 0) is 27.7 Å². The summed E-state index contributed by atoms with van der Waals surface area (Å²) >= 11 is 0. The van der Waals surface area contributed by atoms with E-state index in [0.717, 1.165) is 0 Å². The number of hydrogen-bond donors (Lipinski definition) is 0. The maximum atomic E-state index is 11.3. The van der Waals surface area contributed by atoms with Crippen LogP contribution in [0.4, 0.5) is 0 Å². The first kappa shape index (κ1) is 11.2. The van der Waals surface area contributed by atoms with Gasteiger partial charge >= 0.3 is 0 Å². The van der Waals surface area contributed by atoms with E-state index in [2.05, 4.69) is 6.66 Å². The van der Waals surface area contributed by atoms with Crippen molar-refractivity contribution in [3.8, 4) is 0 Å². The van der Waals surface area contributed by atoms with Crippen molar-refractivity contribution in [1.82, 2.24) is 0 Å². The van der Waals surface area contributed by atoms with Crippen molar-refractivity contribution in [3.63, 3.8) is 0 Å². The molecule has 0 fully saturated rings. The molecule has 0 aliphatic rings. The van der Waals surface area contributed by atoms with E-state index in [0.29, 0.717) is 0 Å². The van der Waals surface area contributed by atoms with Gasteiger partial charge in [-0.2, -0.15) is 0 Å². The minimum atomic E-state index is -3.05. The molecule has 0 saturated carbocycles. The van der Waals surface area contributed by atoms with Crippen LogP contribution >= 0.6 is 7.60 Å². The minimum absolute atomic E-state index is 0.114. The molecule has 0 atom stereocenters. The van der Waals surface area contributed by atoms with Crippen molar-refractivity contribution < 1.29 is 13.6 Å². The Morgan fingerprint density at radius 2 is 1.36 bits per heavy atom. The predicted octanol–water partition coefficient (Wildman–Crippen LogP) is 2.82. The molecule has 0 bridgehead atoms. The summed E-state index contributed by atoms with van der Waals surface area (Å²) < 4.78 is 21.2. The van der Waals surface area contributed by atoms with Gasteiger partial charge in [0.1, 0.15) is 0 Å². The molecule has 0 unspecified atom stereocenters. The zero-order valence-electron chi connectivity index (χ0n) is 7.53. The number of hydrogen-bond acceptors (Lipinski definition) is 3. The Morgan fingerprint density at radius 1 is 1.09 bits per heavy atom. The third-order valence-corrected chi connectivity index (χ3v) is 2.23. The molecule has 0 aliphatic heterocycles. The highest BCUT2D eigenvalue weighted by Gasteiger charge is 2.12. The Hall–Kier alpha value is 0.150. The number of rotatable bonds is 4. The zero-order chi connectivity index (χ0) is 9.07. The largest absolute Gasteiger partial charge is 0.328 e. The zero-order valence-corrected chi connectivity index (χ0v) is 8.43. The van der Waals surface area contributed by atoms with Crippen LogP contribution < -0.4 is 0 Å². The molecule has 68 valence electrons. The van der Waals surface area contributed by atoms with Crippen molar-refractivity contribution in [2.75, 3.05) is 0 Å². The van der Waals surface area contributed by atoms with Gasteiger partial charge in [-0.1, -0.05) is 0 Å². The SMILES string of the molecule is [CH2-]P(=O)(OC(C)C)OC(C)C. The van der Waals surface area contributed by atoms with Gasteiger partial charge in [-0.15, -0.1) is 0 Å². The quantitative estimate of drug-likeness (QED) is 0.491. The molecule has 0 aromatic heterocycles. The van der Waals surface area contributed by atoms with Gasteiger partial charge in [0.25, 0.3) is 0 Å². The molecule has 3 nitrogen and oxygen atoms in total. The van der Waals surface area contributed by atoms with E-state index >= 15 is 0 Å². The summed E-state index contributed by atoms with van der Waals surface area (Å²) in [4.78, 5) is 0. The second-order valence-electron chi connectivity index (χ2n) is 2.92. The molecule has 0 aromatic carbocycles. The predicted molar refractivity (Wildman–Crippen MR) is 45.4 cm³/mol. The normalized spacial score (nSPS) is 13.0. The van der Waals surface area contributed by atoms with E-state index in [1.54, 1.807) is 27.7 Å². The van der Waals surface area contributed by atoms with E-state index in [-0.39, 0.29) is 12.2 Å². The Balaban J connectivity index is 3.91. The van der Waals surface area contributed by atoms with E-state index in [1.165, 1.54) is 0 Å². The molecule has 0 saturated heterocycles. The average molecular weight is 179 g/mol. The van der Waals surface area contributed by atoms with Gasteiger partial charge in [0.15, 0.2) is 7.60 Å². The molecule has 4 heteroatoms. The van der Waals surface area contributed by atoms with Gasteiger partial charge in [-0.25, -0.2) is 6.66 Å². The summed E-state index contributed by atoms with van der Waals surface area (Å²) in [5.41, 5.74) is 0. The second-order valence-corrected chi connectivity index (χ2v) is 4.56. The van der Waals surface area contributed by atoms with Crippen molar-refractivity contribution in [2.45, 2.75) is 39.9 Å².